The minimum absolute atomic E-state index is 0.352. The molecule has 2 aromatic rings. The van der Waals surface area contributed by atoms with E-state index < -0.39 is 0 Å². The summed E-state index contributed by atoms with van der Waals surface area (Å²) >= 11 is 0. The van der Waals surface area contributed by atoms with Gasteiger partial charge in [-0.05, 0) is 6.42 Å². The number of nitrogens with zero attached hydrogens (tertiary/aromatic N) is 4. The Hall–Kier alpha value is -2.35. The highest BCUT2D eigenvalue weighted by atomic mass is 15.4. The number of H-pyrrole nitrogens is 2. The second-order valence-electron chi connectivity index (χ2n) is 4.38. The molecule has 1 aliphatic heterocycles. The van der Waals surface area contributed by atoms with E-state index in [1.54, 1.807) is 12.5 Å². The molecule has 1 aliphatic rings. The van der Waals surface area contributed by atoms with E-state index in [1.807, 2.05) is 11.1 Å². The van der Waals surface area contributed by atoms with Crippen LogP contribution in [0.4, 0.5) is 5.82 Å². The van der Waals surface area contributed by atoms with E-state index in [0.29, 0.717) is 18.3 Å². The van der Waals surface area contributed by atoms with Gasteiger partial charge < -0.3 is 26.3 Å². The fourth-order valence-corrected chi connectivity index (χ4v) is 2.18. The number of hydrogen-bond acceptors (Lipinski definition) is 6. The lowest BCUT2D eigenvalue weighted by atomic mass is 10.2. The zero-order valence-corrected chi connectivity index (χ0v) is 10.4. The maximum absolute atomic E-state index is 6.14. The molecule has 3 rings (SSSR count). The van der Waals surface area contributed by atoms with E-state index in [0.717, 1.165) is 24.4 Å². The van der Waals surface area contributed by atoms with Gasteiger partial charge in [-0.3, -0.25) is 0 Å². The van der Waals surface area contributed by atoms with Gasteiger partial charge in [0.25, 0.3) is 0 Å². The molecule has 0 amide bonds. The van der Waals surface area contributed by atoms with Gasteiger partial charge in [0, 0.05) is 25.4 Å². The number of guanidine groups is 1. The van der Waals surface area contributed by atoms with Crippen LogP contribution in [0.2, 0.25) is 0 Å². The normalized spacial score (nSPS) is 18.3. The molecule has 0 fully saturated rings. The number of aromatic nitrogens is 4. The third-order valence-electron chi connectivity index (χ3n) is 3.15. The van der Waals surface area contributed by atoms with Crippen LogP contribution in [0.15, 0.2) is 23.7 Å². The molecule has 8 nitrogen and oxygen atoms in total. The van der Waals surface area contributed by atoms with Crippen molar-refractivity contribution in [1.29, 1.82) is 0 Å². The predicted molar refractivity (Wildman–Crippen MR) is 70.4 cm³/mol. The Morgan fingerprint density at radius 1 is 1.32 bits per heavy atom. The maximum atomic E-state index is 6.14. The largest absolute Gasteiger partial charge is 0.369 e. The molecule has 8 heteroatoms. The number of aryl methyl sites for hydroxylation is 1. The first-order valence-electron chi connectivity index (χ1n) is 6.13. The summed E-state index contributed by atoms with van der Waals surface area (Å²) in [5.74, 6) is 2.03. The zero-order chi connectivity index (χ0) is 13.2. The van der Waals surface area contributed by atoms with Gasteiger partial charge in [-0.2, -0.15) is 4.99 Å². The van der Waals surface area contributed by atoms with Gasteiger partial charge in [-0.15, -0.1) is 0 Å². The van der Waals surface area contributed by atoms with Crippen molar-refractivity contribution in [1.82, 2.24) is 24.8 Å². The smallest absolute Gasteiger partial charge is 0.199 e. The van der Waals surface area contributed by atoms with Crippen LogP contribution >= 0.6 is 0 Å². The molecule has 0 radical (unpaired) electrons. The van der Waals surface area contributed by atoms with Crippen LogP contribution in [0, 0.1) is 0 Å². The molecule has 2 aromatic heterocycles. The van der Waals surface area contributed by atoms with Gasteiger partial charge in [0.2, 0.25) is 0 Å². The second kappa shape index (κ2) is 4.73. The number of nitrogens with one attached hydrogen (secondary N) is 2. The van der Waals surface area contributed by atoms with E-state index >= 15 is 0 Å². The molecule has 3 heterocycles. The van der Waals surface area contributed by atoms with Gasteiger partial charge >= 0.3 is 0 Å². The molecule has 0 bridgehead atoms. The summed E-state index contributed by atoms with van der Waals surface area (Å²) in [6.07, 6.45) is 6.51. The summed E-state index contributed by atoms with van der Waals surface area (Å²) < 4.78 is 0. The molecule has 0 saturated heterocycles. The van der Waals surface area contributed by atoms with Crippen LogP contribution in [0.5, 0.6) is 0 Å². The molecule has 1 atom stereocenters. The lowest BCUT2D eigenvalue weighted by Crippen LogP contribution is -2.46. The summed E-state index contributed by atoms with van der Waals surface area (Å²) in [6, 6.07) is 0. The molecule has 6 N–H and O–H groups in total. The third kappa shape index (κ3) is 2.17. The van der Waals surface area contributed by atoms with Crippen LogP contribution in [0.25, 0.3) is 0 Å². The summed E-state index contributed by atoms with van der Waals surface area (Å²) in [5.41, 5.74) is 12.8. The van der Waals surface area contributed by atoms with Crippen LogP contribution in [0.1, 0.15) is 24.1 Å². The minimum atomic E-state index is -0.352. The van der Waals surface area contributed by atoms with Crippen molar-refractivity contribution in [2.75, 3.05) is 6.54 Å². The fraction of sp³-hybridized carbons (Fsp3) is 0.364. The lowest BCUT2D eigenvalue weighted by Gasteiger charge is -2.31. The highest BCUT2D eigenvalue weighted by Crippen LogP contribution is 2.27. The van der Waals surface area contributed by atoms with E-state index in [9.17, 15) is 0 Å². The van der Waals surface area contributed by atoms with E-state index in [1.165, 1.54) is 0 Å². The van der Waals surface area contributed by atoms with Crippen molar-refractivity contribution in [2.24, 2.45) is 16.5 Å². The number of nitrogens with two attached hydrogens (primary N) is 2. The predicted octanol–water partition coefficient (Wildman–Crippen LogP) is -0.0153. The fourth-order valence-electron chi connectivity index (χ4n) is 2.18. The molecule has 19 heavy (non-hydrogen) atoms. The molecular formula is C11H16N8. The number of rotatable bonds is 4. The number of aromatic amines is 2. The summed E-state index contributed by atoms with van der Waals surface area (Å²) in [7, 11) is 0. The molecule has 0 aromatic carbocycles. The first-order valence-corrected chi connectivity index (χ1v) is 6.13. The second-order valence-corrected chi connectivity index (χ2v) is 4.38. The highest BCUT2D eigenvalue weighted by molar-refractivity contribution is 5.83. The SMILES string of the molecule is NC1=Nc2[nH]cnc2C(N)N1CCCc1ncc[nH]1. The van der Waals surface area contributed by atoms with Crippen molar-refractivity contribution in [3.8, 4) is 0 Å². The monoisotopic (exact) mass is 260 g/mol. The highest BCUT2D eigenvalue weighted by Gasteiger charge is 2.27. The Kier molecular flexibility index (Phi) is 2.92. The van der Waals surface area contributed by atoms with Crippen LogP contribution in [0.3, 0.4) is 0 Å². The average molecular weight is 260 g/mol. The first kappa shape index (κ1) is 11.7. The van der Waals surface area contributed by atoms with Crippen LogP contribution in [-0.4, -0.2) is 37.3 Å². The van der Waals surface area contributed by atoms with E-state index in [2.05, 4.69) is 24.9 Å². The van der Waals surface area contributed by atoms with E-state index in [4.69, 9.17) is 11.5 Å². The van der Waals surface area contributed by atoms with Gasteiger partial charge in [-0.25, -0.2) is 9.97 Å². The van der Waals surface area contributed by atoms with Crippen molar-refractivity contribution in [3.05, 3.63) is 30.2 Å². The summed E-state index contributed by atoms with van der Waals surface area (Å²) in [5, 5.41) is 0. The Labute approximate surface area is 109 Å². The van der Waals surface area contributed by atoms with Gasteiger partial charge in [0.05, 0.1) is 6.33 Å². The van der Waals surface area contributed by atoms with Gasteiger partial charge in [0.15, 0.2) is 11.8 Å². The summed E-state index contributed by atoms with van der Waals surface area (Å²) in [6.45, 7) is 0.712. The van der Waals surface area contributed by atoms with Crippen molar-refractivity contribution in [2.45, 2.75) is 19.0 Å². The number of imidazole rings is 2. The molecule has 0 aliphatic carbocycles. The minimum Gasteiger partial charge on any atom is -0.369 e. The Morgan fingerprint density at radius 3 is 3.00 bits per heavy atom. The molecule has 0 saturated carbocycles. The van der Waals surface area contributed by atoms with E-state index in [-0.39, 0.29) is 6.17 Å². The molecule has 1 unspecified atom stereocenters. The van der Waals surface area contributed by atoms with Crippen molar-refractivity contribution < 1.29 is 0 Å². The zero-order valence-electron chi connectivity index (χ0n) is 10.4. The number of aliphatic imine (C=N–C) groups is 1. The maximum Gasteiger partial charge on any atom is 0.199 e. The number of fused-ring (bicyclic) bond motifs is 1. The molecule has 0 spiro atoms. The molecule has 100 valence electrons. The lowest BCUT2D eigenvalue weighted by molar-refractivity contribution is 0.305. The van der Waals surface area contributed by atoms with Gasteiger partial charge in [0.1, 0.15) is 17.7 Å². The average Bonchev–Trinajstić information content (AvgIpc) is 3.03. The topological polar surface area (TPSA) is 125 Å². The quantitative estimate of drug-likeness (QED) is 0.615. The Balaban J connectivity index is 1.65. The molecular weight excluding hydrogens is 244 g/mol. The van der Waals surface area contributed by atoms with Crippen LogP contribution < -0.4 is 11.5 Å². The summed E-state index contributed by atoms with van der Waals surface area (Å²) in [4.78, 5) is 20.4. The Morgan fingerprint density at radius 2 is 2.21 bits per heavy atom. The standard InChI is InChI=1S/C11H16N8/c12-9-8-10(17-6-16-8)18-11(13)19(9)5-1-2-7-14-3-4-15-7/h3-4,6,9H,1-2,5,12H2,(H2,13,18)(H,14,15)(H,16,17). The van der Waals surface area contributed by atoms with Crippen molar-refractivity contribution >= 4 is 11.8 Å². The van der Waals surface area contributed by atoms with Gasteiger partial charge in [-0.1, -0.05) is 0 Å². The number of hydrogen-bond donors (Lipinski definition) is 4. The van der Waals surface area contributed by atoms with Crippen LogP contribution in [-0.2, 0) is 6.42 Å². The first-order chi connectivity index (χ1) is 9.25. The third-order valence-corrected chi connectivity index (χ3v) is 3.15. The Bertz CT molecular complexity index is 569. The van der Waals surface area contributed by atoms with Crippen molar-refractivity contribution in [3.63, 3.8) is 0 Å².